The van der Waals surface area contributed by atoms with Gasteiger partial charge in [0.15, 0.2) is 5.58 Å². The lowest BCUT2D eigenvalue weighted by molar-refractivity contribution is 0.0737. The first-order valence-corrected chi connectivity index (χ1v) is 7.86. The summed E-state index contributed by atoms with van der Waals surface area (Å²) in [6.45, 7) is 3.19. The Balaban J connectivity index is 1.48. The number of para-hydroxylation sites is 1. The van der Waals surface area contributed by atoms with E-state index in [4.69, 9.17) is 4.42 Å². The number of carbonyl (C=O) groups excluding carboxylic acids is 1. The summed E-state index contributed by atoms with van der Waals surface area (Å²) < 4.78 is 7.30. The van der Waals surface area contributed by atoms with Crippen LogP contribution in [0.1, 0.15) is 10.5 Å². The predicted molar refractivity (Wildman–Crippen MR) is 89.7 cm³/mol. The molecule has 1 fully saturated rings. The Morgan fingerprint density at radius 3 is 2.48 bits per heavy atom. The van der Waals surface area contributed by atoms with Crippen LogP contribution >= 0.6 is 0 Å². The first-order chi connectivity index (χ1) is 11.2. The maximum Gasteiger partial charge on any atom is 0.270 e. The van der Waals surface area contributed by atoms with Crippen molar-refractivity contribution < 1.29 is 9.21 Å². The lowest BCUT2D eigenvalue weighted by atomic mass is 10.2. The van der Waals surface area contributed by atoms with Gasteiger partial charge in [-0.1, -0.05) is 18.2 Å². The fourth-order valence-electron chi connectivity index (χ4n) is 3.22. The Morgan fingerprint density at radius 1 is 1.04 bits per heavy atom. The molecule has 4 rings (SSSR count). The van der Waals surface area contributed by atoms with E-state index in [1.165, 1.54) is 5.69 Å². The smallest absolute Gasteiger partial charge is 0.270 e. The van der Waals surface area contributed by atoms with Crippen molar-refractivity contribution in [2.75, 3.05) is 31.1 Å². The molecule has 5 nitrogen and oxygen atoms in total. The largest absolute Gasteiger partial charge is 0.463 e. The van der Waals surface area contributed by atoms with Gasteiger partial charge in [0.05, 0.1) is 11.8 Å². The molecule has 0 aliphatic carbocycles. The summed E-state index contributed by atoms with van der Waals surface area (Å²) in [4.78, 5) is 17.0. The number of hydrogen-bond donors (Lipinski definition) is 0. The second kappa shape index (κ2) is 5.50. The molecule has 23 heavy (non-hydrogen) atoms. The lowest BCUT2D eigenvalue weighted by Gasteiger charge is -2.36. The number of hydrogen-bond acceptors (Lipinski definition) is 3. The zero-order valence-electron chi connectivity index (χ0n) is 13.1. The van der Waals surface area contributed by atoms with Crippen molar-refractivity contribution >= 4 is 22.7 Å². The normalized spacial score (nSPS) is 15.3. The molecule has 5 heteroatoms. The molecule has 1 amide bonds. The van der Waals surface area contributed by atoms with Crippen LogP contribution in [0.25, 0.3) is 11.1 Å². The Kier molecular flexibility index (Phi) is 3.33. The number of amides is 1. The van der Waals surface area contributed by atoms with Crippen LogP contribution in [0.5, 0.6) is 0 Å². The molecule has 0 atom stereocenters. The van der Waals surface area contributed by atoms with E-state index < -0.39 is 0 Å². The van der Waals surface area contributed by atoms with E-state index in [-0.39, 0.29) is 5.91 Å². The molecule has 0 spiro atoms. The summed E-state index contributed by atoms with van der Waals surface area (Å²) in [5.41, 5.74) is 3.62. The van der Waals surface area contributed by atoms with E-state index in [9.17, 15) is 4.79 Å². The zero-order valence-corrected chi connectivity index (χ0v) is 13.1. The maximum absolute atomic E-state index is 12.8. The van der Waals surface area contributed by atoms with Gasteiger partial charge in [-0.15, -0.1) is 0 Å². The van der Waals surface area contributed by atoms with Gasteiger partial charge in [0.2, 0.25) is 0 Å². The van der Waals surface area contributed by atoms with Gasteiger partial charge in [-0.05, 0) is 12.1 Å². The number of anilines is 1. The minimum Gasteiger partial charge on any atom is -0.463 e. The number of carbonyl (C=O) groups is 1. The Morgan fingerprint density at radius 2 is 1.78 bits per heavy atom. The Labute approximate surface area is 134 Å². The van der Waals surface area contributed by atoms with Crippen molar-refractivity contribution in [1.29, 1.82) is 0 Å². The van der Waals surface area contributed by atoms with Crippen molar-refractivity contribution in [3.8, 4) is 0 Å². The van der Waals surface area contributed by atoms with Crippen LogP contribution < -0.4 is 4.90 Å². The standard InChI is InChI=1S/C18H19N3O2/c1-19-15-7-12-23-17(15)13-16(19)18(22)21-10-8-20(9-11-21)14-5-3-2-4-6-14/h2-7,12-13H,8-11H2,1H3. The van der Waals surface area contributed by atoms with Gasteiger partial charge in [0.25, 0.3) is 5.91 Å². The van der Waals surface area contributed by atoms with E-state index in [2.05, 4.69) is 17.0 Å². The fourth-order valence-corrected chi connectivity index (χ4v) is 3.22. The quantitative estimate of drug-likeness (QED) is 0.731. The highest BCUT2D eigenvalue weighted by atomic mass is 16.3. The molecule has 0 unspecified atom stereocenters. The number of aryl methyl sites for hydroxylation is 1. The van der Waals surface area contributed by atoms with Crippen molar-refractivity contribution in [1.82, 2.24) is 9.47 Å². The van der Waals surface area contributed by atoms with Crippen LogP contribution in [-0.2, 0) is 7.05 Å². The van der Waals surface area contributed by atoms with Gasteiger partial charge in [0.1, 0.15) is 5.69 Å². The highest BCUT2D eigenvalue weighted by Gasteiger charge is 2.25. The van der Waals surface area contributed by atoms with Crippen LogP contribution in [0.15, 0.2) is 53.1 Å². The summed E-state index contributed by atoms with van der Waals surface area (Å²) in [7, 11) is 1.91. The molecule has 0 radical (unpaired) electrons. The van der Waals surface area contributed by atoms with E-state index in [1.54, 1.807) is 6.26 Å². The molecule has 3 heterocycles. The van der Waals surface area contributed by atoms with Crippen molar-refractivity contribution in [2.24, 2.45) is 7.05 Å². The van der Waals surface area contributed by atoms with E-state index in [0.717, 1.165) is 37.3 Å². The van der Waals surface area contributed by atoms with Crippen molar-refractivity contribution in [2.45, 2.75) is 0 Å². The third-order valence-corrected chi connectivity index (χ3v) is 4.57. The summed E-state index contributed by atoms with van der Waals surface area (Å²) in [5, 5.41) is 0. The fraction of sp³-hybridized carbons (Fsp3) is 0.278. The molecule has 0 saturated carbocycles. The first kappa shape index (κ1) is 13.9. The molecular weight excluding hydrogens is 290 g/mol. The monoisotopic (exact) mass is 309 g/mol. The van der Waals surface area contributed by atoms with Gasteiger partial charge in [0, 0.05) is 51.0 Å². The maximum atomic E-state index is 12.8. The number of piperazine rings is 1. The molecular formula is C18H19N3O2. The molecule has 1 saturated heterocycles. The van der Waals surface area contributed by atoms with E-state index in [1.807, 2.05) is 46.8 Å². The molecule has 1 aliphatic rings. The third kappa shape index (κ3) is 2.38. The second-order valence-electron chi connectivity index (χ2n) is 5.87. The van der Waals surface area contributed by atoms with Crippen LogP contribution in [0, 0.1) is 0 Å². The van der Waals surface area contributed by atoms with Crippen molar-refractivity contribution in [3.63, 3.8) is 0 Å². The highest BCUT2D eigenvalue weighted by Crippen LogP contribution is 2.22. The van der Waals surface area contributed by atoms with Gasteiger partial charge in [-0.2, -0.15) is 0 Å². The highest BCUT2D eigenvalue weighted by molar-refractivity contribution is 5.97. The summed E-state index contributed by atoms with van der Waals surface area (Å²) in [6, 6.07) is 14.1. The molecule has 0 bridgehead atoms. The topological polar surface area (TPSA) is 41.6 Å². The van der Waals surface area contributed by atoms with Gasteiger partial charge in [-0.25, -0.2) is 0 Å². The third-order valence-electron chi connectivity index (χ3n) is 4.57. The Bertz CT molecular complexity index is 826. The first-order valence-electron chi connectivity index (χ1n) is 7.86. The number of fused-ring (bicyclic) bond motifs is 1. The molecule has 3 aromatic rings. The van der Waals surface area contributed by atoms with Crippen LogP contribution in [0.2, 0.25) is 0 Å². The number of rotatable bonds is 2. The number of aromatic nitrogens is 1. The van der Waals surface area contributed by atoms with Crippen molar-refractivity contribution in [3.05, 3.63) is 54.4 Å². The van der Waals surface area contributed by atoms with E-state index >= 15 is 0 Å². The summed E-state index contributed by atoms with van der Waals surface area (Å²) in [6.07, 6.45) is 1.65. The molecule has 118 valence electrons. The average molecular weight is 309 g/mol. The minimum atomic E-state index is 0.0756. The van der Waals surface area contributed by atoms with Gasteiger partial charge in [-0.3, -0.25) is 4.79 Å². The van der Waals surface area contributed by atoms with Crippen LogP contribution in [0.3, 0.4) is 0 Å². The number of furan rings is 1. The second-order valence-corrected chi connectivity index (χ2v) is 5.87. The average Bonchev–Trinajstić information content (AvgIpc) is 3.18. The van der Waals surface area contributed by atoms with E-state index in [0.29, 0.717) is 5.69 Å². The van der Waals surface area contributed by atoms with Crippen LogP contribution in [-0.4, -0.2) is 41.6 Å². The SMILES string of the molecule is Cn1c(C(=O)N2CCN(c3ccccc3)CC2)cc2occc21. The van der Waals surface area contributed by atoms with Gasteiger partial charge >= 0.3 is 0 Å². The van der Waals surface area contributed by atoms with Crippen LogP contribution in [0.4, 0.5) is 5.69 Å². The summed E-state index contributed by atoms with van der Waals surface area (Å²) >= 11 is 0. The Hall–Kier alpha value is -2.69. The minimum absolute atomic E-state index is 0.0756. The predicted octanol–water partition coefficient (Wildman–Crippen LogP) is 2.73. The number of nitrogens with zero attached hydrogens (tertiary/aromatic N) is 3. The molecule has 1 aliphatic heterocycles. The molecule has 2 aromatic heterocycles. The lowest BCUT2D eigenvalue weighted by Crippen LogP contribution is -2.49. The molecule has 1 aromatic carbocycles. The zero-order chi connectivity index (χ0) is 15.8. The number of benzene rings is 1. The molecule has 0 N–H and O–H groups in total. The van der Waals surface area contributed by atoms with Gasteiger partial charge < -0.3 is 18.8 Å². The summed E-state index contributed by atoms with van der Waals surface area (Å²) in [5.74, 6) is 0.0756.